The second-order valence-corrected chi connectivity index (χ2v) is 5.87. The molecule has 0 aliphatic carbocycles. The fourth-order valence-corrected chi connectivity index (χ4v) is 2.63. The molecule has 0 saturated heterocycles. The van der Waals surface area contributed by atoms with Gasteiger partial charge in [-0.2, -0.15) is 0 Å². The molecule has 0 amide bonds. The van der Waals surface area contributed by atoms with E-state index in [1.807, 2.05) is 0 Å². The second-order valence-electron chi connectivity index (χ2n) is 5.46. The van der Waals surface area contributed by atoms with Crippen molar-refractivity contribution in [1.82, 2.24) is 5.32 Å². The molecule has 2 heteroatoms. The number of aryl methyl sites for hydroxylation is 1. The van der Waals surface area contributed by atoms with Crippen molar-refractivity contribution in [3.63, 3.8) is 0 Å². The third kappa shape index (κ3) is 4.99. The van der Waals surface area contributed by atoms with Gasteiger partial charge < -0.3 is 5.32 Å². The quantitative estimate of drug-likeness (QED) is 0.723. The molecule has 0 aliphatic heterocycles. The van der Waals surface area contributed by atoms with Crippen LogP contribution in [0.2, 0.25) is 5.02 Å². The summed E-state index contributed by atoms with van der Waals surface area (Å²) in [4.78, 5) is 0. The lowest BCUT2D eigenvalue weighted by Gasteiger charge is -2.20. The van der Waals surface area contributed by atoms with Gasteiger partial charge in [0.05, 0.1) is 0 Å². The van der Waals surface area contributed by atoms with Crippen molar-refractivity contribution < 1.29 is 0 Å². The Kier molecular flexibility index (Phi) is 6.73. The van der Waals surface area contributed by atoms with Crippen molar-refractivity contribution in [3.8, 4) is 0 Å². The molecule has 102 valence electrons. The number of halogens is 1. The molecular weight excluding hydrogens is 242 g/mol. The summed E-state index contributed by atoms with van der Waals surface area (Å²) < 4.78 is 0. The van der Waals surface area contributed by atoms with Crippen LogP contribution in [-0.4, -0.2) is 6.54 Å². The average Bonchev–Trinajstić information content (AvgIpc) is 2.28. The smallest absolute Gasteiger partial charge is 0.0456 e. The van der Waals surface area contributed by atoms with Gasteiger partial charge in [0.25, 0.3) is 0 Å². The van der Waals surface area contributed by atoms with Gasteiger partial charge in [0.1, 0.15) is 0 Å². The largest absolute Gasteiger partial charge is 0.310 e. The molecule has 1 aromatic carbocycles. The maximum absolute atomic E-state index is 6.36. The maximum atomic E-state index is 6.36. The lowest BCUT2D eigenvalue weighted by Crippen LogP contribution is -2.21. The minimum Gasteiger partial charge on any atom is -0.310 e. The molecule has 18 heavy (non-hydrogen) atoms. The first kappa shape index (κ1) is 15.5. The molecule has 0 bridgehead atoms. The van der Waals surface area contributed by atoms with Crippen LogP contribution in [-0.2, 0) is 0 Å². The Bertz CT molecular complexity index is 360. The van der Waals surface area contributed by atoms with Gasteiger partial charge in [0.15, 0.2) is 0 Å². The predicted octanol–water partition coefficient (Wildman–Crippen LogP) is 5.13. The van der Waals surface area contributed by atoms with Crippen LogP contribution in [0.15, 0.2) is 18.2 Å². The van der Waals surface area contributed by atoms with E-state index in [1.165, 1.54) is 24.0 Å². The molecule has 0 fully saturated rings. The van der Waals surface area contributed by atoms with Gasteiger partial charge in [0.2, 0.25) is 0 Å². The summed E-state index contributed by atoms with van der Waals surface area (Å²) in [5.74, 6) is 0.778. The van der Waals surface area contributed by atoms with E-state index in [1.54, 1.807) is 0 Å². The van der Waals surface area contributed by atoms with Crippen LogP contribution in [0.1, 0.15) is 57.2 Å². The molecule has 1 nitrogen and oxygen atoms in total. The van der Waals surface area contributed by atoms with Gasteiger partial charge in [-0.25, -0.2) is 0 Å². The highest BCUT2D eigenvalue weighted by atomic mass is 35.5. The highest BCUT2D eigenvalue weighted by molar-refractivity contribution is 6.31. The molecule has 1 atom stereocenters. The van der Waals surface area contributed by atoms with Gasteiger partial charge in [-0.1, -0.05) is 57.3 Å². The van der Waals surface area contributed by atoms with Crippen LogP contribution >= 0.6 is 11.6 Å². The lowest BCUT2D eigenvalue weighted by atomic mass is 9.97. The highest BCUT2D eigenvalue weighted by Crippen LogP contribution is 2.28. The Morgan fingerprint density at radius 2 is 1.94 bits per heavy atom. The first-order valence-corrected chi connectivity index (χ1v) is 7.41. The van der Waals surface area contributed by atoms with E-state index in [4.69, 9.17) is 11.6 Å². The minimum absolute atomic E-state index is 0.391. The molecule has 0 aliphatic rings. The van der Waals surface area contributed by atoms with Gasteiger partial charge in [-0.3, -0.25) is 0 Å². The zero-order valence-corrected chi connectivity index (χ0v) is 12.8. The molecule has 1 N–H and O–H groups in total. The normalized spacial score (nSPS) is 13.0. The van der Waals surface area contributed by atoms with E-state index in [0.29, 0.717) is 6.04 Å². The summed E-state index contributed by atoms with van der Waals surface area (Å²) in [6.45, 7) is 9.77. The zero-order chi connectivity index (χ0) is 13.5. The number of nitrogens with one attached hydrogen (secondary N) is 1. The maximum Gasteiger partial charge on any atom is 0.0456 e. The molecule has 0 aromatic heterocycles. The number of benzene rings is 1. The Balaban J connectivity index is 2.70. The highest BCUT2D eigenvalue weighted by Gasteiger charge is 2.13. The monoisotopic (exact) mass is 267 g/mol. The Hall–Kier alpha value is -0.530. The van der Waals surface area contributed by atoms with Crippen molar-refractivity contribution in [2.75, 3.05) is 6.54 Å². The van der Waals surface area contributed by atoms with E-state index in [0.717, 1.165) is 23.9 Å². The van der Waals surface area contributed by atoms with Gasteiger partial charge >= 0.3 is 0 Å². The second kappa shape index (κ2) is 7.81. The van der Waals surface area contributed by atoms with E-state index < -0.39 is 0 Å². The van der Waals surface area contributed by atoms with E-state index in [-0.39, 0.29) is 0 Å². The number of hydrogen-bond acceptors (Lipinski definition) is 1. The Labute approximate surface area is 117 Å². The molecule has 0 saturated carbocycles. The lowest BCUT2D eigenvalue weighted by molar-refractivity contribution is 0.455. The van der Waals surface area contributed by atoms with Crippen LogP contribution in [0.3, 0.4) is 0 Å². The SMILES string of the molecule is CCNC(CCCC(C)C)c1ccc(C)cc1Cl. The summed E-state index contributed by atoms with van der Waals surface area (Å²) >= 11 is 6.36. The Morgan fingerprint density at radius 3 is 2.50 bits per heavy atom. The first-order valence-electron chi connectivity index (χ1n) is 7.04. The van der Waals surface area contributed by atoms with Crippen molar-refractivity contribution in [2.24, 2.45) is 5.92 Å². The van der Waals surface area contributed by atoms with Crippen molar-refractivity contribution >= 4 is 11.6 Å². The molecule has 1 aromatic rings. The fraction of sp³-hybridized carbons (Fsp3) is 0.625. The van der Waals surface area contributed by atoms with E-state index in [2.05, 4.69) is 51.2 Å². The third-order valence-corrected chi connectivity index (χ3v) is 3.58. The molecule has 0 heterocycles. The van der Waals surface area contributed by atoms with Gasteiger partial charge in [-0.15, -0.1) is 0 Å². The van der Waals surface area contributed by atoms with Crippen molar-refractivity contribution in [3.05, 3.63) is 34.3 Å². The van der Waals surface area contributed by atoms with Gasteiger partial charge in [-0.05, 0) is 43.0 Å². The van der Waals surface area contributed by atoms with Crippen LogP contribution in [0.5, 0.6) is 0 Å². The molecule has 1 rings (SSSR count). The molecular formula is C16H26ClN. The average molecular weight is 268 g/mol. The zero-order valence-electron chi connectivity index (χ0n) is 12.1. The van der Waals surface area contributed by atoms with Crippen LogP contribution < -0.4 is 5.32 Å². The summed E-state index contributed by atoms with van der Waals surface area (Å²) in [6, 6.07) is 6.76. The molecule has 1 unspecified atom stereocenters. The Morgan fingerprint density at radius 1 is 1.22 bits per heavy atom. The minimum atomic E-state index is 0.391. The van der Waals surface area contributed by atoms with Crippen LogP contribution in [0, 0.1) is 12.8 Å². The predicted molar refractivity (Wildman–Crippen MR) is 81.3 cm³/mol. The van der Waals surface area contributed by atoms with Crippen LogP contribution in [0.4, 0.5) is 0 Å². The first-order chi connectivity index (χ1) is 8.54. The standard InChI is InChI=1S/C16H26ClN/c1-5-18-16(8-6-7-12(2)3)14-10-9-13(4)11-15(14)17/h9-12,16,18H,5-8H2,1-4H3. The summed E-state index contributed by atoms with van der Waals surface area (Å²) in [6.07, 6.45) is 3.69. The van der Waals surface area contributed by atoms with Gasteiger partial charge in [0, 0.05) is 11.1 Å². The summed E-state index contributed by atoms with van der Waals surface area (Å²) in [7, 11) is 0. The number of rotatable bonds is 7. The number of hydrogen-bond donors (Lipinski definition) is 1. The fourth-order valence-electron chi connectivity index (χ4n) is 2.26. The van der Waals surface area contributed by atoms with Crippen LogP contribution in [0.25, 0.3) is 0 Å². The van der Waals surface area contributed by atoms with E-state index in [9.17, 15) is 0 Å². The topological polar surface area (TPSA) is 12.0 Å². The summed E-state index contributed by atoms with van der Waals surface area (Å²) in [5.41, 5.74) is 2.47. The van der Waals surface area contributed by atoms with Crippen molar-refractivity contribution in [2.45, 2.75) is 53.0 Å². The molecule has 0 spiro atoms. The third-order valence-electron chi connectivity index (χ3n) is 3.26. The van der Waals surface area contributed by atoms with Crippen molar-refractivity contribution in [1.29, 1.82) is 0 Å². The van der Waals surface area contributed by atoms with E-state index >= 15 is 0 Å². The molecule has 0 radical (unpaired) electrons. The summed E-state index contributed by atoms with van der Waals surface area (Å²) in [5, 5.41) is 4.44.